The van der Waals surface area contributed by atoms with Crippen LogP contribution in [0.15, 0.2) is 78.8 Å². The van der Waals surface area contributed by atoms with E-state index >= 15 is 0 Å². The second-order valence-corrected chi connectivity index (χ2v) is 17.2. The molecule has 6 rings (SSSR count). The van der Waals surface area contributed by atoms with Crippen LogP contribution in [0.1, 0.15) is 110 Å². The van der Waals surface area contributed by atoms with Gasteiger partial charge in [0.1, 0.15) is 12.1 Å². The number of ketones is 1. The van der Waals surface area contributed by atoms with Crippen LogP contribution in [-0.2, 0) is 30.3 Å². The van der Waals surface area contributed by atoms with Gasteiger partial charge in [0.15, 0.2) is 5.78 Å². The Labute approximate surface area is 340 Å². The molecule has 0 saturated heterocycles. The molecule has 54 heavy (non-hydrogen) atoms. The summed E-state index contributed by atoms with van der Waals surface area (Å²) in [5.41, 5.74) is 8.90. The van der Waals surface area contributed by atoms with Crippen LogP contribution in [0.5, 0.6) is 0 Å². The number of thiophene rings is 1. The van der Waals surface area contributed by atoms with E-state index in [9.17, 15) is 9.90 Å². The summed E-state index contributed by atoms with van der Waals surface area (Å²) in [4.78, 5) is 23.0. The van der Waals surface area contributed by atoms with Crippen molar-refractivity contribution in [3.05, 3.63) is 107 Å². The summed E-state index contributed by atoms with van der Waals surface area (Å²) in [5, 5.41) is 15.1. The number of benzene rings is 4. The topological polar surface area (TPSA) is 63.1 Å². The first-order chi connectivity index (χ1) is 25.0. The van der Waals surface area contributed by atoms with Gasteiger partial charge in [-0.25, -0.2) is 4.98 Å². The molecule has 6 heteroatoms. The zero-order chi connectivity index (χ0) is 38.9. The second kappa shape index (κ2) is 17.0. The van der Waals surface area contributed by atoms with Gasteiger partial charge in [0.2, 0.25) is 0 Å². The largest absolute Gasteiger partial charge is 0.512 e. The quantitative estimate of drug-likeness (QED) is 0.0892. The first-order valence-corrected chi connectivity index (χ1v) is 20.0. The molecule has 4 nitrogen and oxygen atoms in total. The Bertz CT molecular complexity index is 2320. The minimum Gasteiger partial charge on any atom is -0.512 e. The van der Waals surface area contributed by atoms with Gasteiger partial charge in [-0.15, -0.1) is 40.5 Å². The molecule has 0 spiro atoms. The van der Waals surface area contributed by atoms with Crippen molar-refractivity contribution in [3.63, 3.8) is 0 Å². The van der Waals surface area contributed by atoms with Gasteiger partial charge in [0.25, 0.3) is 0 Å². The molecule has 0 fully saturated rings. The van der Waals surface area contributed by atoms with Gasteiger partial charge in [0, 0.05) is 52.3 Å². The molecule has 0 aliphatic heterocycles. The van der Waals surface area contributed by atoms with Crippen LogP contribution in [-0.4, -0.2) is 20.9 Å². The van der Waals surface area contributed by atoms with E-state index in [1.807, 2.05) is 52.9 Å². The van der Waals surface area contributed by atoms with E-state index in [-0.39, 0.29) is 47.9 Å². The fourth-order valence-corrected chi connectivity index (χ4v) is 8.60. The molecule has 0 unspecified atom stereocenters. The molecule has 2 aromatic heterocycles. The molecule has 2 heterocycles. The molecule has 0 atom stereocenters. The van der Waals surface area contributed by atoms with Crippen molar-refractivity contribution in [2.24, 2.45) is 10.8 Å². The molecule has 1 radical (unpaired) electrons. The molecule has 0 amide bonds. The van der Waals surface area contributed by atoms with E-state index in [0.717, 1.165) is 52.5 Å². The predicted molar refractivity (Wildman–Crippen MR) is 228 cm³/mol. The number of allylic oxidation sites excluding steroid dienone is 2. The van der Waals surface area contributed by atoms with Crippen LogP contribution in [0.3, 0.4) is 0 Å². The van der Waals surface area contributed by atoms with E-state index in [0.29, 0.717) is 0 Å². The summed E-state index contributed by atoms with van der Waals surface area (Å²) in [5.74, 6) is 0.286. The fourth-order valence-electron chi connectivity index (χ4n) is 7.17. The predicted octanol–water partition coefficient (Wildman–Crippen LogP) is 14.0. The Morgan fingerprint density at radius 3 is 2.00 bits per heavy atom. The molecule has 0 bridgehead atoms. The Morgan fingerprint density at radius 2 is 1.39 bits per heavy atom. The summed E-state index contributed by atoms with van der Waals surface area (Å²) < 4.78 is 1.13. The van der Waals surface area contributed by atoms with Crippen molar-refractivity contribution in [3.8, 4) is 21.7 Å². The van der Waals surface area contributed by atoms with Gasteiger partial charge in [-0.3, -0.25) is 9.78 Å². The first-order valence-electron chi connectivity index (χ1n) is 19.2. The number of aromatic nitrogens is 2. The number of hydrogen-bond acceptors (Lipinski definition) is 5. The maximum Gasteiger partial charge on any atom is 0.164 e. The Balaban J connectivity index is 0.000000309. The third kappa shape index (κ3) is 8.27. The molecule has 0 aliphatic carbocycles. The minimum atomic E-state index is -0.337. The Morgan fingerprint density at radius 1 is 0.796 bits per heavy atom. The zero-order valence-electron chi connectivity index (χ0n) is 34.2. The van der Waals surface area contributed by atoms with E-state index in [2.05, 4.69) is 108 Å². The number of aliphatic hydroxyl groups excluding tert-OH is 1. The number of aliphatic hydroxyl groups is 1. The van der Waals surface area contributed by atoms with Crippen molar-refractivity contribution >= 4 is 48.9 Å². The van der Waals surface area contributed by atoms with E-state index in [4.69, 9.17) is 9.97 Å². The molecule has 6 aromatic rings. The molecule has 4 aromatic carbocycles. The Kier molecular flexibility index (Phi) is 13.5. The SMILES string of the molecule is CCC(C)(CC)C(=O)/C=C(\O)C(C)(CC)CC.Cc1cc2ccccc2c(C)c1-c1sc2c(-c3[c-]c4ccccc4c(C(C)(C)C)c3)ncnc2c1C.[Ir]. The molecule has 0 saturated carbocycles. The summed E-state index contributed by atoms with van der Waals surface area (Å²) >= 11 is 1.81. The number of aryl methyl sites for hydroxylation is 3. The van der Waals surface area contributed by atoms with Crippen molar-refractivity contribution < 1.29 is 30.0 Å². The standard InChI is InChI=1S/C33H29N2S.C15H28O2.Ir/c1-19-15-22-11-7-9-13-25(22)20(2)28(19)31-21(3)29-32(36-31)30(35-18-34-29)24-16-23-12-8-10-14-26(23)27(17-24)33(4,5)6;1-7-14(5,8-2)12(16)11-13(17)15(6,9-3)10-4;/h7-15,17-18H,1-6H3;11,16H,7-10H2,1-6H3;/q-1;;/b;12-11-;. The van der Waals surface area contributed by atoms with Gasteiger partial charge in [-0.1, -0.05) is 122 Å². The Hall–Kier alpha value is -3.70. The molecule has 287 valence electrons. The minimum absolute atomic E-state index is 0. The van der Waals surface area contributed by atoms with Crippen LogP contribution in [0.4, 0.5) is 0 Å². The smallest absolute Gasteiger partial charge is 0.164 e. The third-order valence-corrected chi connectivity index (χ3v) is 13.2. The van der Waals surface area contributed by atoms with E-state index in [1.54, 1.807) is 6.33 Å². The number of fused-ring (bicyclic) bond motifs is 3. The molecular weight excluding hydrogens is 861 g/mol. The van der Waals surface area contributed by atoms with Crippen LogP contribution >= 0.6 is 11.3 Å². The van der Waals surface area contributed by atoms with Gasteiger partial charge < -0.3 is 5.11 Å². The van der Waals surface area contributed by atoms with E-state index in [1.165, 1.54) is 54.9 Å². The van der Waals surface area contributed by atoms with Crippen molar-refractivity contribution in [1.29, 1.82) is 0 Å². The van der Waals surface area contributed by atoms with Crippen molar-refractivity contribution in [2.45, 2.75) is 114 Å². The number of hydrogen-bond donors (Lipinski definition) is 1. The summed E-state index contributed by atoms with van der Waals surface area (Å²) in [7, 11) is 0. The van der Waals surface area contributed by atoms with Gasteiger partial charge >= 0.3 is 0 Å². The maximum atomic E-state index is 12.2. The monoisotopic (exact) mass is 918 g/mol. The molecular formula is C48H57IrN2O2S-. The average Bonchev–Trinajstić information content (AvgIpc) is 3.48. The number of nitrogens with zero attached hydrogens (tertiary/aromatic N) is 2. The first kappa shape index (κ1) is 43.0. The molecule has 0 aliphatic rings. The summed E-state index contributed by atoms with van der Waals surface area (Å²) in [6, 6.07) is 25.5. The van der Waals surface area contributed by atoms with Crippen LogP contribution in [0, 0.1) is 37.7 Å². The van der Waals surface area contributed by atoms with Gasteiger partial charge in [-0.2, -0.15) is 0 Å². The zero-order valence-corrected chi connectivity index (χ0v) is 37.5. The second-order valence-electron chi connectivity index (χ2n) is 16.2. The maximum absolute atomic E-state index is 12.2. The summed E-state index contributed by atoms with van der Waals surface area (Å²) in [6.07, 6.45) is 6.46. The van der Waals surface area contributed by atoms with Crippen molar-refractivity contribution in [1.82, 2.24) is 9.97 Å². The van der Waals surface area contributed by atoms with Crippen LogP contribution in [0.2, 0.25) is 0 Å². The number of carbonyl (C=O) groups is 1. The third-order valence-electron chi connectivity index (χ3n) is 11.9. The fraction of sp³-hybridized carbons (Fsp3) is 0.396. The average molecular weight is 918 g/mol. The van der Waals surface area contributed by atoms with Crippen LogP contribution < -0.4 is 0 Å². The number of rotatable bonds is 9. The normalized spacial score (nSPS) is 12.5. The number of carbonyl (C=O) groups excluding carboxylic acids is 1. The van der Waals surface area contributed by atoms with Crippen LogP contribution in [0.25, 0.3) is 53.5 Å². The molecule has 1 N–H and O–H groups in total. The summed E-state index contributed by atoms with van der Waals surface area (Å²) in [6.45, 7) is 25.6. The van der Waals surface area contributed by atoms with Crippen molar-refractivity contribution in [2.75, 3.05) is 0 Å². The van der Waals surface area contributed by atoms with E-state index < -0.39 is 0 Å². The van der Waals surface area contributed by atoms with Gasteiger partial charge in [-0.05, 0) is 84.9 Å². The van der Waals surface area contributed by atoms with Gasteiger partial charge in [0.05, 0.1) is 5.52 Å².